The van der Waals surface area contributed by atoms with Crippen LogP contribution in [-0.2, 0) is 0 Å². The fourth-order valence-corrected chi connectivity index (χ4v) is 3.81. The van der Waals surface area contributed by atoms with Gasteiger partial charge in [-0.25, -0.2) is 4.39 Å². The summed E-state index contributed by atoms with van der Waals surface area (Å²) in [6.07, 6.45) is 0. The molecule has 1 amide bonds. The van der Waals surface area contributed by atoms with Crippen molar-refractivity contribution >= 4 is 11.6 Å². The van der Waals surface area contributed by atoms with Crippen molar-refractivity contribution in [2.75, 3.05) is 4.90 Å². The van der Waals surface area contributed by atoms with Crippen LogP contribution >= 0.6 is 0 Å². The van der Waals surface area contributed by atoms with Crippen molar-refractivity contribution in [3.8, 4) is 11.3 Å². The number of amides is 1. The molecule has 1 aromatic heterocycles. The molecule has 28 heavy (non-hydrogen) atoms. The Morgan fingerprint density at radius 1 is 0.857 bits per heavy atom. The van der Waals surface area contributed by atoms with Crippen LogP contribution in [0.4, 0.5) is 10.1 Å². The van der Waals surface area contributed by atoms with Gasteiger partial charge in [-0.3, -0.25) is 14.8 Å². The molecular weight excluding hydrogens is 353 g/mol. The van der Waals surface area contributed by atoms with E-state index in [9.17, 15) is 9.18 Å². The summed E-state index contributed by atoms with van der Waals surface area (Å²) in [4.78, 5) is 14.9. The summed E-state index contributed by atoms with van der Waals surface area (Å²) in [7, 11) is 0. The Hall–Kier alpha value is -3.73. The van der Waals surface area contributed by atoms with Gasteiger partial charge in [-0.1, -0.05) is 66.7 Å². The topological polar surface area (TPSA) is 49.0 Å². The minimum atomic E-state index is -0.597. The molecule has 0 radical (unpaired) electrons. The van der Waals surface area contributed by atoms with E-state index in [1.165, 1.54) is 6.07 Å². The summed E-state index contributed by atoms with van der Waals surface area (Å²) in [5.41, 5.74) is 3.79. The fraction of sp³-hybridized carbons (Fsp3) is 0.0435. The van der Waals surface area contributed by atoms with E-state index in [4.69, 9.17) is 0 Å². The number of H-pyrrole nitrogens is 1. The van der Waals surface area contributed by atoms with Gasteiger partial charge in [-0.15, -0.1) is 0 Å². The van der Waals surface area contributed by atoms with Crippen LogP contribution in [0.15, 0.2) is 84.9 Å². The van der Waals surface area contributed by atoms with Crippen LogP contribution in [0.1, 0.15) is 27.7 Å². The zero-order chi connectivity index (χ0) is 19.1. The lowest BCUT2D eigenvalue weighted by Gasteiger charge is -2.26. The van der Waals surface area contributed by atoms with Crippen molar-refractivity contribution in [3.05, 3.63) is 108 Å². The zero-order valence-corrected chi connectivity index (χ0v) is 14.8. The van der Waals surface area contributed by atoms with Gasteiger partial charge in [-0.05, 0) is 18.2 Å². The molecule has 0 saturated carbocycles. The highest BCUT2D eigenvalue weighted by Gasteiger charge is 2.43. The number of hydrogen-bond donors (Lipinski definition) is 1. The number of fused-ring (bicyclic) bond motifs is 1. The predicted octanol–water partition coefficient (Wildman–Crippen LogP) is 4.97. The van der Waals surface area contributed by atoms with Crippen molar-refractivity contribution in [2.24, 2.45) is 0 Å². The molecule has 0 fully saturated rings. The number of aromatic nitrogens is 2. The molecule has 0 aliphatic carbocycles. The monoisotopic (exact) mass is 369 g/mol. The number of para-hydroxylation sites is 1. The van der Waals surface area contributed by atoms with Gasteiger partial charge in [-0.2, -0.15) is 5.10 Å². The highest BCUT2D eigenvalue weighted by molar-refractivity contribution is 6.11. The normalized spacial score (nSPS) is 15.7. The number of aromatic amines is 1. The van der Waals surface area contributed by atoms with Crippen LogP contribution in [-0.4, -0.2) is 16.1 Å². The molecule has 5 rings (SSSR count). The number of halogens is 1. The van der Waals surface area contributed by atoms with E-state index >= 15 is 0 Å². The van der Waals surface area contributed by atoms with Gasteiger partial charge in [0.05, 0.1) is 11.7 Å². The minimum absolute atomic E-state index is 0.218. The lowest BCUT2D eigenvalue weighted by Crippen LogP contribution is -2.29. The third-order valence-electron chi connectivity index (χ3n) is 5.05. The number of rotatable bonds is 3. The number of hydrogen-bond acceptors (Lipinski definition) is 2. The second-order valence-corrected chi connectivity index (χ2v) is 6.66. The number of carbonyl (C=O) groups excluding carboxylic acids is 1. The Morgan fingerprint density at radius 3 is 2.21 bits per heavy atom. The van der Waals surface area contributed by atoms with Gasteiger partial charge in [0.25, 0.3) is 5.91 Å². The smallest absolute Gasteiger partial charge is 0.277 e. The highest BCUT2D eigenvalue weighted by atomic mass is 19.1. The molecule has 1 aliphatic rings. The van der Waals surface area contributed by atoms with Crippen molar-refractivity contribution in [1.82, 2.24) is 10.2 Å². The summed E-state index contributed by atoms with van der Waals surface area (Å²) < 4.78 is 14.8. The largest absolute Gasteiger partial charge is 0.295 e. The second kappa shape index (κ2) is 6.46. The maximum Gasteiger partial charge on any atom is 0.277 e. The Morgan fingerprint density at radius 2 is 1.50 bits per heavy atom. The van der Waals surface area contributed by atoms with Gasteiger partial charge < -0.3 is 0 Å². The van der Waals surface area contributed by atoms with E-state index in [1.54, 1.807) is 23.1 Å². The molecule has 1 aliphatic heterocycles. The fourth-order valence-electron chi connectivity index (χ4n) is 3.81. The number of anilines is 1. The van der Waals surface area contributed by atoms with Crippen molar-refractivity contribution in [2.45, 2.75) is 6.04 Å². The van der Waals surface area contributed by atoms with E-state index in [-0.39, 0.29) is 11.7 Å². The van der Waals surface area contributed by atoms with E-state index in [2.05, 4.69) is 10.2 Å². The van der Waals surface area contributed by atoms with E-state index in [0.29, 0.717) is 28.2 Å². The Balaban J connectivity index is 1.77. The third-order valence-corrected chi connectivity index (χ3v) is 5.05. The quantitative estimate of drug-likeness (QED) is 0.554. The molecule has 0 spiro atoms. The van der Waals surface area contributed by atoms with Gasteiger partial charge in [0.1, 0.15) is 11.5 Å². The molecule has 0 bridgehead atoms. The van der Waals surface area contributed by atoms with Crippen molar-refractivity contribution in [1.29, 1.82) is 0 Å². The van der Waals surface area contributed by atoms with Gasteiger partial charge in [0.2, 0.25) is 0 Å². The van der Waals surface area contributed by atoms with E-state index in [0.717, 1.165) is 5.56 Å². The molecular formula is C23H16FN3O. The van der Waals surface area contributed by atoms with Gasteiger partial charge >= 0.3 is 0 Å². The third kappa shape index (κ3) is 2.44. The molecule has 4 aromatic rings. The van der Waals surface area contributed by atoms with Gasteiger partial charge in [0.15, 0.2) is 0 Å². The molecule has 136 valence electrons. The molecule has 1 atom stereocenters. The molecule has 0 saturated heterocycles. The molecule has 3 aromatic carbocycles. The summed E-state index contributed by atoms with van der Waals surface area (Å²) in [6, 6.07) is 24.9. The number of nitrogens with one attached hydrogen (secondary N) is 1. The second-order valence-electron chi connectivity index (χ2n) is 6.66. The molecule has 5 heteroatoms. The van der Waals surface area contributed by atoms with Crippen LogP contribution in [0.25, 0.3) is 11.3 Å². The lowest BCUT2D eigenvalue weighted by atomic mass is 9.95. The summed E-state index contributed by atoms with van der Waals surface area (Å²) >= 11 is 0. The van der Waals surface area contributed by atoms with Crippen LogP contribution < -0.4 is 4.90 Å². The predicted molar refractivity (Wildman–Crippen MR) is 106 cm³/mol. The molecule has 1 N–H and O–H groups in total. The SMILES string of the molecule is O=C1c2[nH]nc(-c3ccccc3)c2[C@@H](c2ccccc2F)N1c1ccccc1. The van der Waals surface area contributed by atoms with Crippen LogP contribution in [0, 0.1) is 5.82 Å². The Bertz CT molecular complexity index is 1150. The summed E-state index contributed by atoms with van der Waals surface area (Å²) in [5, 5.41) is 7.29. The number of nitrogens with zero attached hydrogens (tertiary/aromatic N) is 2. The average molecular weight is 369 g/mol. The number of carbonyl (C=O) groups is 1. The first-order chi connectivity index (χ1) is 13.8. The van der Waals surface area contributed by atoms with Crippen molar-refractivity contribution < 1.29 is 9.18 Å². The summed E-state index contributed by atoms with van der Waals surface area (Å²) in [6.45, 7) is 0. The summed E-state index contributed by atoms with van der Waals surface area (Å²) in [5.74, 6) is -0.571. The Labute approximate surface area is 161 Å². The van der Waals surface area contributed by atoms with E-state index in [1.807, 2.05) is 60.7 Å². The van der Waals surface area contributed by atoms with E-state index < -0.39 is 6.04 Å². The first-order valence-corrected chi connectivity index (χ1v) is 9.02. The maximum atomic E-state index is 14.8. The zero-order valence-electron chi connectivity index (χ0n) is 14.8. The standard InChI is InChI=1S/C23H16FN3O/c24-18-14-8-7-13-17(18)22-19-20(15-9-3-1-4-10-15)25-26-21(19)23(28)27(22)16-11-5-2-6-12-16/h1-14,22H,(H,25,26)/t22-/m1/s1. The van der Waals surface area contributed by atoms with Crippen LogP contribution in [0.3, 0.4) is 0 Å². The molecule has 4 nitrogen and oxygen atoms in total. The minimum Gasteiger partial charge on any atom is -0.295 e. The molecule has 2 heterocycles. The molecule has 0 unspecified atom stereocenters. The Kier molecular flexibility index (Phi) is 3.79. The van der Waals surface area contributed by atoms with Crippen LogP contribution in [0.5, 0.6) is 0 Å². The number of benzene rings is 3. The first kappa shape index (κ1) is 16.4. The van der Waals surface area contributed by atoms with Crippen LogP contribution in [0.2, 0.25) is 0 Å². The first-order valence-electron chi connectivity index (χ1n) is 9.02. The van der Waals surface area contributed by atoms with Gasteiger partial charge in [0, 0.05) is 22.4 Å². The maximum absolute atomic E-state index is 14.8. The lowest BCUT2D eigenvalue weighted by molar-refractivity contribution is 0.0988. The average Bonchev–Trinajstić information content (AvgIpc) is 3.29. The highest BCUT2D eigenvalue weighted by Crippen LogP contribution is 2.45. The van der Waals surface area contributed by atoms with Crippen molar-refractivity contribution in [3.63, 3.8) is 0 Å².